The highest BCUT2D eigenvalue weighted by molar-refractivity contribution is 14.0. The van der Waals surface area contributed by atoms with Crippen LogP contribution in [0.1, 0.15) is 43.8 Å². The molecule has 2 rings (SSSR count). The number of aliphatic imine (C=N–C) groups is 1. The number of hydrogen-bond acceptors (Lipinski definition) is 5. The number of ether oxygens (including phenoxy) is 1. The molecule has 1 aromatic heterocycles. The molecular formula is C22H32IN5O4. The molecule has 0 bridgehead atoms. The molecule has 1 aromatic carbocycles. The Labute approximate surface area is 205 Å². The maximum atomic E-state index is 12.0. The topological polar surface area (TPSA) is 117 Å². The lowest BCUT2D eigenvalue weighted by Gasteiger charge is -2.19. The van der Waals surface area contributed by atoms with Gasteiger partial charge in [0.25, 0.3) is 5.91 Å². The molecule has 9 nitrogen and oxygen atoms in total. The van der Waals surface area contributed by atoms with Crippen molar-refractivity contribution in [1.29, 1.82) is 0 Å². The van der Waals surface area contributed by atoms with Gasteiger partial charge in [0, 0.05) is 25.3 Å². The number of guanidine groups is 1. The van der Waals surface area contributed by atoms with Crippen LogP contribution >= 0.6 is 24.0 Å². The molecule has 0 atom stereocenters. The van der Waals surface area contributed by atoms with Gasteiger partial charge in [0.1, 0.15) is 5.60 Å². The number of hydrogen-bond donors (Lipinski definition) is 4. The van der Waals surface area contributed by atoms with Crippen molar-refractivity contribution in [1.82, 2.24) is 16.0 Å². The van der Waals surface area contributed by atoms with E-state index < -0.39 is 11.7 Å². The number of benzene rings is 1. The van der Waals surface area contributed by atoms with Crippen LogP contribution in [0.5, 0.6) is 0 Å². The van der Waals surface area contributed by atoms with Crippen LogP contribution in [0.25, 0.3) is 0 Å². The number of carbonyl (C=O) groups is 2. The summed E-state index contributed by atoms with van der Waals surface area (Å²) in [5, 5.41) is 11.8. The van der Waals surface area contributed by atoms with E-state index in [2.05, 4.69) is 26.3 Å². The maximum absolute atomic E-state index is 12.0. The first-order valence-electron chi connectivity index (χ1n) is 10.2. The zero-order valence-corrected chi connectivity index (χ0v) is 21.2. The largest absolute Gasteiger partial charge is 0.459 e. The minimum Gasteiger partial charge on any atom is -0.459 e. The van der Waals surface area contributed by atoms with Gasteiger partial charge in [-0.1, -0.05) is 12.1 Å². The second-order valence-corrected chi connectivity index (χ2v) is 7.68. The van der Waals surface area contributed by atoms with Crippen LogP contribution in [0, 0.1) is 0 Å². The van der Waals surface area contributed by atoms with E-state index in [-0.39, 0.29) is 35.6 Å². The SMILES string of the molecule is CCNC(=NCc1ccc(NC(=O)c2ccco2)cc1)NCCNC(=O)OC(C)(C)C.I. The van der Waals surface area contributed by atoms with E-state index in [0.717, 1.165) is 5.56 Å². The van der Waals surface area contributed by atoms with Gasteiger partial charge in [-0.2, -0.15) is 0 Å². The first-order chi connectivity index (χ1) is 14.8. The molecule has 0 saturated heterocycles. The van der Waals surface area contributed by atoms with E-state index in [1.807, 2.05) is 52.0 Å². The molecule has 4 N–H and O–H groups in total. The Morgan fingerprint density at radius 3 is 2.31 bits per heavy atom. The van der Waals surface area contributed by atoms with Gasteiger partial charge in [-0.15, -0.1) is 24.0 Å². The number of nitrogens with zero attached hydrogens (tertiary/aromatic N) is 1. The second-order valence-electron chi connectivity index (χ2n) is 7.68. The molecule has 0 aliphatic carbocycles. The standard InChI is InChI=1S/C22H31N5O4.HI/c1-5-23-20(24-12-13-25-21(29)31-22(2,3)4)26-15-16-8-10-17(11-9-16)27-19(28)18-7-6-14-30-18;/h6-11,14H,5,12-13,15H2,1-4H3,(H,25,29)(H,27,28)(H2,23,24,26);1H. The van der Waals surface area contributed by atoms with Crippen LogP contribution in [0.3, 0.4) is 0 Å². The first-order valence-corrected chi connectivity index (χ1v) is 10.2. The molecular weight excluding hydrogens is 525 g/mol. The minimum absolute atomic E-state index is 0. The summed E-state index contributed by atoms with van der Waals surface area (Å²) in [6.45, 7) is 9.52. The summed E-state index contributed by atoms with van der Waals surface area (Å²) in [6.07, 6.45) is 1.01. The normalized spacial score (nSPS) is 11.2. The molecule has 0 aliphatic heterocycles. The molecule has 0 aliphatic rings. The molecule has 1 heterocycles. The maximum Gasteiger partial charge on any atom is 0.407 e. The third-order valence-electron chi connectivity index (χ3n) is 3.81. The number of carbonyl (C=O) groups excluding carboxylic acids is 2. The van der Waals surface area contributed by atoms with Gasteiger partial charge in [0.05, 0.1) is 12.8 Å². The van der Waals surface area contributed by atoms with Crippen LogP contribution in [-0.4, -0.2) is 43.2 Å². The Hall–Kier alpha value is -2.76. The number of amides is 2. The van der Waals surface area contributed by atoms with Crippen molar-refractivity contribution in [2.24, 2.45) is 4.99 Å². The molecule has 32 heavy (non-hydrogen) atoms. The lowest BCUT2D eigenvalue weighted by molar-refractivity contribution is 0.0528. The van der Waals surface area contributed by atoms with Crippen LogP contribution in [-0.2, 0) is 11.3 Å². The summed E-state index contributed by atoms with van der Waals surface area (Å²) in [6, 6.07) is 10.7. The van der Waals surface area contributed by atoms with Crippen molar-refractivity contribution < 1.29 is 18.7 Å². The highest BCUT2D eigenvalue weighted by atomic mass is 127. The van der Waals surface area contributed by atoms with Crippen molar-refractivity contribution in [3.63, 3.8) is 0 Å². The summed E-state index contributed by atoms with van der Waals surface area (Å²) in [4.78, 5) is 28.2. The Morgan fingerprint density at radius 2 is 1.72 bits per heavy atom. The lowest BCUT2D eigenvalue weighted by atomic mass is 10.2. The summed E-state index contributed by atoms with van der Waals surface area (Å²) in [7, 11) is 0. The van der Waals surface area contributed by atoms with Gasteiger partial charge in [-0.3, -0.25) is 4.79 Å². The van der Waals surface area contributed by atoms with Crippen LogP contribution < -0.4 is 21.3 Å². The summed E-state index contributed by atoms with van der Waals surface area (Å²) in [5.74, 6) is 0.606. The zero-order valence-electron chi connectivity index (χ0n) is 18.9. The van der Waals surface area contributed by atoms with Crippen molar-refractivity contribution in [3.05, 3.63) is 54.0 Å². The monoisotopic (exact) mass is 557 g/mol. The average molecular weight is 557 g/mol. The molecule has 176 valence electrons. The Balaban J connectivity index is 0.00000512. The quantitative estimate of drug-likeness (QED) is 0.170. The second kappa shape index (κ2) is 13.6. The van der Waals surface area contributed by atoms with Crippen molar-refractivity contribution >= 4 is 47.6 Å². The number of furan rings is 1. The van der Waals surface area contributed by atoms with E-state index in [1.54, 1.807) is 12.1 Å². The molecule has 0 fully saturated rings. The summed E-state index contributed by atoms with van der Waals surface area (Å²) < 4.78 is 10.3. The minimum atomic E-state index is -0.523. The van der Waals surface area contributed by atoms with Crippen LogP contribution in [0.4, 0.5) is 10.5 Å². The predicted octanol–water partition coefficient (Wildman–Crippen LogP) is 3.73. The molecule has 0 unspecified atom stereocenters. The fourth-order valence-corrected chi connectivity index (χ4v) is 2.47. The Morgan fingerprint density at radius 1 is 1.03 bits per heavy atom. The number of nitrogens with one attached hydrogen (secondary N) is 4. The van der Waals surface area contributed by atoms with Gasteiger partial charge in [-0.25, -0.2) is 9.79 Å². The molecule has 2 amide bonds. The third-order valence-corrected chi connectivity index (χ3v) is 3.81. The number of rotatable bonds is 8. The van der Waals surface area contributed by atoms with E-state index in [9.17, 15) is 9.59 Å². The number of alkyl carbamates (subject to hydrolysis) is 1. The first kappa shape index (κ1) is 27.3. The van der Waals surface area contributed by atoms with Crippen LogP contribution in [0.15, 0.2) is 52.1 Å². The fourth-order valence-electron chi connectivity index (χ4n) is 2.47. The molecule has 2 aromatic rings. The molecule has 0 radical (unpaired) electrons. The van der Waals surface area contributed by atoms with Crippen molar-refractivity contribution in [2.45, 2.75) is 39.8 Å². The Bertz CT molecular complexity index is 861. The smallest absolute Gasteiger partial charge is 0.407 e. The van der Waals surface area contributed by atoms with Crippen molar-refractivity contribution in [2.75, 3.05) is 25.0 Å². The van der Waals surface area contributed by atoms with E-state index >= 15 is 0 Å². The van der Waals surface area contributed by atoms with Gasteiger partial charge in [0.15, 0.2) is 11.7 Å². The predicted molar refractivity (Wildman–Crippen MR) is 136 cm³/mol. The zero-order chi connectivity index (χ0) is 22.7. The number of halogens is 1. The molecule has 10 heteroatoms. The van der Waals surface area contributed by atoms with E-state index in [1.165, 1.54) is 6.26 Å². The van der Waals surface area contributed by atoms with Crippen LogP contribution in [0.2, 0.25) is 0 Å². The van der Waals surface area contributed by atoms with Gasteiger partial charge in [-0.05, 0) is 57.5 Å². The average Bonchev–Trinajstić information content (AvgIpc) is 3.24. The summed E-state index contributed by atoms with van der Waals surface area (Å²) >= 11 is 0. The van der Waals surface area contributed by atoms with Gasteiger partial charge < -0.3 is 30.4 Å². The molecule has 0 spiro atoms. The highest BCUT2D eigenvalue weighted by Gasteiger charge is 2.15. The highest BCUT2D eigenvalue weighted by Crippen LogP contribution is 2.12. The number of anilines is 1. The van der Waals surface area contributed by atoms with Gasteiger partial charge in [0.2, 0.25) is 0 Å². The Kier molecular flexibility index (Phi) is 11.6. The van der Waals surface area contributed by atoms with Crippen molar-refractivity contribution in [3.8, 4) is 0 Å². The third kappa shape index (κ3) is 10.5. The van der Waals surface area contributed by atoms with Gasteiger partial charge >= 0.3 is 6.09 Å². The fraction of sp³-hybridized carbons (Fsp3) is 0.409. The molecule has 0 saturated carbocycles. The van der Waals surface area contributed by atoms with E-state index in [4.69, 9.17) is 9.15 Å². The summed E-state index contributed by atoms with van der Waals surface area (Å²) in [5.41, 5.74) is 1.14. The van der Waals surface area contributed by atoms with E-state index in [0.29, 0.717) is 37.8 Å². The lowest BCUT2D eigenvalue weighted by Crippen LogP contribution is -2.42.